The highest BCUT2D eigenvalue weighted by Crippen LogP contribution is 2.20. The molecule has 0 saturated heterocycles. The number of nitrogens with zero attached hydrogens (tertiary/aromatic N) is 2. The maximum Gasteiger partial charge on any atom is 0.265 e. The average molecular weight is 420 g/mol. The summed E-state index contributed by atoms with van der Waals surface area (Å²) in [5, 5.41) is 14.9. The van der Waals surface area contributed by atoms with E-state index in [0.717, 1.165) is 5.56 Å². The van der Waals surface area contributed by atoms with E-state index in [2.05, 4.69) is 20.8 Å². The molecule has 9 heteroatoms. The summed E-state index contributed by atoms with van der Waals surface area (Å²) >= 11 is 1.37. The van der Waals surface area contributed by atoms with Crippen LogP contribution in [0.25, 0.3) is 11.5 Å². The monoisotopic (exact) mass is 420 g/mol. The summed E-state index contributed by atoms with van der Waals surface area (Å²) in [6.45, 7) is -0.142. The zero-order chi connectivity index (χ0) is 20.8. The number of carbonyl (C=O) groups is 2. The van der Waals surface area contributed by atoms with Crippen molar-refractivity contribution in [3.63, 3.8) is 0 Å². The molecule has 0 unspecified atom stereocenters. The first-order valence-corrected chi connectivity index (χ1v) is 9.79. The molecule has 0 spiro atoms. The van der Waals surface area contributed by atoms with Crippen LogP contribution in [0.15, 0.2) is 76.9 Å². The standard InChI is InChI=1S/C21H16N4O4S/c26-19(12-28-17-9-3-14(4-10-17)21-25-22-13-29-21)23-15-5-7-16(8-6-15)24-20(27)18-2-1-11-30-18/h1-11,13H,12H2,(H,23,26)(H,24,27). The summed E-state index contributed by atoms with van der Waals surface area (Å²) in [4.78, 5) is 24.8. The minimum absolute atomic E-state index is 0.142. The molecule has 0 fully saturated rings. The summed E-state index contributed by atoms with van der Waals surface area (Å²) < 4.78 is 10.6. The third kappa shape index (κ3) is 4.89. The van der Waals surface area contributed by atoms with Gasteiger partial charge in [-0.25, -0.2) is 0 Å². The van der Waals surface area contributed by atoms with E-state index in [1.54, 1.807) is 54.6 Å². The number of rotatable bonds is 7. The highest BCUT2D eigenvalue weighted by molar-refractivity contribution is 7.12. The number of hydrogen-bond donors (Lipinski definition) is 2. The number of benzene rings is 2. The van der Waals surface area contributed by atoms with Crippen LogP contribution in [0.1, 0.15) is 9.67 Å². The van der Waals surface area contributed by atoms with Crippen LogP contribution in [0.3, 0.4) is 0 Å². The first-order valence-electron chi connectivity index (χ1n) is 8.91. The maximum absolute atomic E-state index is 12.1. The van der Waals surface area contributed by atoms with Crippen LogP contribution < -0.4 is 15.4 Å². The molecule has 30 heavy (non-hydrogen) atoms. The Morgan fingerprint density at radius 3 is 2.33 bits per heavy atom. The summed E-state index contributed by atoms with van der Waals surface area (Å²) in [6.07, 6.45) is 1.26. The highest BCUT2D eigenvalue weighted by atomic mass is 32.1. The summed E-state index contributed by atoms with van der Waals surface area (Å²) in [7, 11) is 0. The number of aromatic nitrogens is 2. The molecule has 8 nitrogen and oxygen atoms in total. The third-order valence-electron chi connectivity index (χ3n) is 4.00. The van der Waals surface area contributed by atoms with Crippen LogP contribution in [0.2, 0.25) is 0 Å². The molecule has 2 heterocycles. The molecular weight excluding hydrogens is 404 g/mol. The first-order chi connectivity index (χ1) is 14.7. The van der Waals surface area contributed by atoms with Crippen molar-refractivity contribution in [2.45, 2.75) is 0 Å². The Kier molecular flexibility index (Phi) is 5.81. The van der Waals surface area contributed by atoms with Crippen LogP contribution in [0, 0.1) is 0 Å². The average Bonchev–Trinajstić information content (AvgIpc) is 3.48. The lowest BCUT2D eigenvalue weighted by Gasteiger charge is -2.09. The van der Waals surface area contributed by atoms with Gasteiger partial charge in [-0.2, -0.15) is 0 Å². The van der Waals surface area contributed by atoms with Crippen molar-refractivity contribution < 1.29 is 18.7 Å². The number of ether oxygens (including phenoxy) is 1. The van der Waals surface area contributed by atoms with Gasteiger partial charge in [0.05, 0.1) is 4.88 Å². The molecule has 0 atom stereocenters. The zero-order valence-corrected chi connectivity index (χ0v) is 16.4. The predicted molar refractivity (Wildman–Crippen MR) is 113 cm³/mol. The lowest BCUT2D eigenvalue weighted by molar-refractivity contribution is -0.118. The predicted octanol–water partition coefficient (Wildman–Crippen LogP) is 4.07. The third-order valence-corrected chi connectivity index (χ3v) is 4.87. The van der Waals surface area contributed by atoms with Gasteiger partial charge >= 0.3 is 0 Å². The topological polar surface area (TPSA) is 106 Å². The van der Waals surface area contributed by atoms with Crippen molar-refractivity contribution in [2.75, 3.05) is 17.2 Å². The van der Waals surface area contributed by atoms with Gasteiger partial charge in [-0.3, -0.25) is 9.59 Å². The van der Waals surface area contributed by atoms with Crippen molar-refractivity contribution in [1.29, 1.82) is 0 Å². The Bertz CT molecular complexity index is 1110. The van der Waals surface area contributed by atoms with Crippen molar-refractivity contribution in [3.8, 4) is 17.2 Å². The van der Waals surface area contributed by atoms with Crippen molar-refractivity contribution in [2.24, 2.45) is 0 Å². The van der Waals surface area contributed by atoms with Crippen LogP contribution in [-0.2, 0) is 4.79 Å². The van der Waals surface area contributed by atoms with Gasteiger partial charge in [-0.1, -0.05) is 6.07 Å². The number of anilines is 2. The molecule has 4 aromatic rings. The lowest BCUT2D eigenvalue weighted by Crippen LogP contribution is -2.20. The number of amides is 2. The zero-order valence-electron chi connectivity index (χ0n) is 15.6. The van der Waals surface area contributed by atoms with Crippen molar-refractivity contribution >= 4 is 34.5 Å². The van der Waals surface area contributed by atoms with E-state index in [4.69, 9.17) is 9.15 Å². The largest absolute Gasteiger partial charge is 0.484 e. The lowest BCUT2D eigenvalue weighted by atomic mass is 10.2. The molecule has 150 valence electrons. The summed E-state index contributed by atoms with van der Waals surface area (Å²) in [5.41, 5.74) is 2.00. The second kappa shape index (κ2) is 9.01. The maximum atomic E-state index is 12.1. The Morgan fingerprint density at radius 2 is 1.70 bits per heavy atom. The number of nitrogens with one attached hydrogen (secondary N) is 2. The van der Waals surface area contributed by atoms with E-state index in [-0.39, 0.29) is 18.4 Å². The van der Waals surface area contributed by atoms with E-state index < -0.39 is 0 Å². The molecule has 0 aliphatic carbocycles. The van der Waals surface area contributed by atoms with Gasteiger partial charge in [0.15, 0.2) is 6.61 Å². The molecule has 4 rings (SSSR count). The van der Waals surface area contributed by atoms with Gasteiger partial charge in [-0.15, -0.1) is 21.5 Å². The Hall–Kier alpha value is -3.98. The molecule has 2 N–H and O–H groups in total. The van der Waals surface area contributed by atoms with Gasteiger partial charge in [0, 0.05) is 16.9 Å². The Labute approximate surface area is 175 Å². The fourth-order valence-electron chi connectivity index (χ4n) is 2.58. The Morgan fingerprint density at radius 1 is 0.967 bits per heavy atom. The van der Waals surface area contributed by atoms with Crippen LogP contribution in [0.4, 0.5) is 11.4 Å². The molecular formula is C21H16N4O4S. The molecule has 0 bridgehead atoms. The molecule has 2 aromatic heterocycles. The minimum Gasteiger partial charge on any atom is -0.484 e. The summed E-state index contributed by atoms with van der Waals surface area (Å²) in [5.74, 6) is 0.487. The van der Waals surface area contributed by atoms with Gasteiger partial charge < -0.3 is 19.8 Å². The SMILES string of the molecule is O=C(COc1ccc(-c2nnco2)cc1)Nc1ccc(NC(=O)c2cccs2)cc1. The van der Waals surface area contributed by atoms with E-state index in [0.29, 0.717) is 27.9 Å². The molecule has 2 aromatic carbocycles. The normalized spacial score (nSPS) is 10.4. The van der Waals surface area contributed by atoms with E-state index in [9.17, 15) is 9.59 Å². The van der Waals surface area contributed by atoms with Gasteiger partial charge in [0.2, 0.25) is 12.3 Å². The van der Waals surface area contributed by atoms with Gasteiger partial charge in [0.1, 0.15) is 5.75 Å². The molecule has 0 aliphatic rings. The molecule has 0 saturated carbocycles. The second-order valence-corrected chi connectivity index (χ2v) is 7.06. The van der Waals surface area contributed by atoms with Gasteiger partial charge in [0.25, 0.3) is 11.8 Å². The smallest absolute Gasteiger partial charge is 0.265 e. The van der Waals surface area contributed by atoms with E-state index in [1.165, 1.54) is 17.7 Å². The fourth-order valence-corrected chi connectivity index (χ4v) is 3.19. The van der Waals surface area contributed by atoms with Crippen LogP contribution >= 0.6 is 11.3 Å². The molecule has 0 radical (unpaired) electrons. The van der Waals surface area contributed by atoms with Crippen LogP contribution in [-0.4, -0.2) is 28.6 Å². The van der Waals surface area contributed by atoms with Gasteiger partial charge in [-0.05, 0) is 60.0 Å². The molecule has 2 amide bonds. The summed E-state index contributed by atoms with van der Waals surface area (Å²) in [6, 6.07) is 17.4. The van der Waals surface area contributed by atoms with E-state index >= 15 is 0 Å². The molecule has 0 aliphatic heterocycles. The number of thiophene rings is 1. The highest BCUT2D eigenvalue weighted by Gasteiger charge is 2.08. The van der Waals surface area contributed by atoms with Crippen LogP contribution in [0.5, 0.6) is 5.75 Å². The number of carbonyl (C=O) groups excluding carboxylic acids is 2. The minimum atomic E-state index is -0.300. The first kappa shape index (κ1) is 19.3. The fraction of sp³-hybridized carbons (Fsp3) is 0.0476. The van der Waals surface area contributed by atoms with Crippen molar-refractivity contribution in [3.05, 3.63) is 77.3 Å². The van der Waals surface area contributed by atoms with Crippen molar-refractivity contribution in [1.82, 2.24) is 10.2 Å². The quantitative estimate of drug-likeness (QED) is 0.467. The Balaban J connectivity index is 1.26. The van der Waals surface area contributed by atoms with E-state index in [1.807, 2.05) is 11.4 Å². The number of hydrogen-bond acceptors (Lipinski definition) is 7. The second-order valence-electron chi connectivity index (χ2n) is 6.11.